The average Bonchev–Trinajstić information content (AvgIpc) is 2.79. The highest BCUT2D eigenvalue weighted by molar-refractivity contribution is 7.89. The van der Waals surface area contributed by atoms with Gasteiger partial charge in [-0.05, 0) is 48.5 Å². The Morgan fingerprint density at radius 1 is 1.03 bits per heavy atom. The lowest BCUT2D eigenvalue weighted by Gasteiger charge is -2.18. The first-order valence-electron chi connectivity index (χ1n) is 9.37. The van der Waals surface area contributed by atoms with Gasteiger partial charge in [-0.1, -0.05) is 41.4 Å². The summed E-state index contributed by atoms with van der Waals surface area (Å²) >= 11 is 12.3. The van der Waals surface area contributed by atoms with Gasteiger partial charge in [0.15, 0.2) is 0 Å². The molecule has 0 aliphatic heterocycles. The fraction of sp³-hybridized carbons (Fsp3) is 0.136. The number of carbonyl (C=O) groups excluding carboxylic acids is 1. The molecule has 3 N–H and O–H groups in total. The lowest BCUT2D eigenvalue weighted by molar-refractivity contribution is -0.115. The highest BCUT2D eigenvalue weighted by Gasteiger charge is 2.20. The van der Waals surface area contributed by atoms with Crippen LogP contribution in [0.5, 0.6) is 5.75 Å². The molecule has 0 radical (unpaired) electrons. The Morgan fingerprint density at radius 3 is 2.38 bits per heavy atom. The molecule has 3 aromatic rings. The second-order valence-corrected chi connectivity index (χ2v) is 9.31. The van der Waals surface area contributed by atoms with Crippen LogP contribution in [0.3, 0.4) is 0 Å². The van der Waals surface area contributed by atoms with Gasteiger partial charge in [-0.25, -0.2) is 13.1 Å². The van der Waals surface area contributed by atoms with Crippen molar-refractivity contribution in [1.29, 1.82) is 0 Å². The van der Waals surface area contributed by atoms with Gasteiger partial charge in [0.2, 0.25) is 15.9 Å². The Morgan fingerprint density at radius 2 is 1.72 bits per heavy atom. The number of hydrogen-bond acceptors (Lipinski definition) is 5. The van der Waals surface area contributed by atoms with E-state index >= 15 is 0 Å². The molecule has 0 heterocycles. The number of anilines is 1. The molecule has 0 aliphatic carbocycles. The van der Waals surface area contributed by atoms with E-state index in [0.717, 1.165) is 0 Å². The van der Waals surface area contributed by atoms with Crippen molar-refractivity contribution in [3.8, 4) is 5.75 Å². The van der Waals surface area contributed by atoms with Gasteiger partial charge >= 0.3 is 0 Å². The standard InChI is InChI=1S/C22H20Cl2N2O5S/c1-31-15-7-9-16(10-8-15)32(29,30)25-13-21(27)26-20-11-6-14(23)12-18(20)22(28)17-4-2-3-5-19(17)24/h2-12,22,25,28H,13H2,1H3,(H,26,27). The zero-order valence-corrected chi connectivity index (χ0v) is 19.2. The number of hydrogen-bond donors (Lipinski definition) is 3. The number of aliphatic hydroxyl groups excluding tert-OH is 1. The molecule has 1 atom stereocenters. The van der Waals surface area contributed by atoms with Gasteiger partial charge in [-0.2, -0.15) is 0 Å². The Hall–Kier alpha value is -2.62. The first kappa shape index (κ1) is 24.0. The van der Waals surface area contributed by atoms with Gasteiger partial charge in [0.25, 0.3) is 0 Å². The van der Waals surface area contributed by atoms with Crippen LogP contribution < -0.4 is 14.8 Å². The van der Waals surface area contributed by atoms with Crippen LogP contribution in [0.4, 0.5) is 5.69 Å². The van der Waals surface area contributed by atoms with Gasteiger partial charge in [-0.3, -0.25) is 4.79 Å². The molecule has 0 fully saturated rings. The van der Waals surface area contributed by atoms with Gasteiger partial charge < -0.3 is 15.2 Å². The van der Waals surface area contributed by atoms with Crippen molar-refractivity contribution in [2.24, 2.45) is 0 Å². The highest BCUT2D eigenvalue weighted by Crippen LogP contribution is 2.34. The summed E-state index contributed by atoms with van der Waals surface area (Å²) in [6, 6.07) is 17.1. The van der Waals surface area contributed by atoms with Crippen LogP contribution in [0.2, 0.25) is 10.0 Å². The Kier molecular flexibility index (Phi) is 7.76. The minimum Gasteiger partial charge on any atom is -0.497 e. The Balaban J connectivity index is 1.74. The van der Waals surface area contributed by atoms with Crippen molar-refractivity contribution < 1.29 is 23.1 Å². The van der Waals surface area contributed by atoms with Crippen molar-refractivity contribution in [3.05, 3.63) is 87.9 Å². The maximum Gasteiger partial charge on any atom is 0.241 e. The fourth-order valence-electron chi connectivity index (χ4n) is 2.93. The van der Waals surface area contributed by atoms with Gasteiger partial charge in [0.1, 0.15) is 11.9 Å². The number of aliphatic hydroxyl groups is 1. The number of methoxy groups -OCH3 is 1. The van der Waals surface area contributed by atoms with E-state index in [1.54, 1.807) is 30.3 Å². The molecule has 3 rings (SSSR count). The second kappa shape index (κ2) is 10.3. The molecule has 3 aromatic carbocycles. The normalized spacial score (nSPS) is 12.2. The van der Waals surface area contributed by atoms with Crippen molar-refractivity contribution in [3.63, 3.8) is 0 Å². The SMILES string of the molecule is COc1ccc(S(=O)(=O)NCC(=O)Nc2ccc(Cl)cc2C(O)c2ccccc2Cl)cc1. The number of amides is 1. The van der Waals surface area contributed by atoms with Crippen LogP contribution in [0.1, 0.15) is 17.2 Å². The number of rotatable bonds is 8. The summed E-state index contributed by atoms with van der Waals surface area (Å²) in [4.78, 5) is 12.4. The molecule has 1 amide bonds. The minimum atomic E-state index is -3.91. The third kappa shape index (κ3) is 5.79. The number of sulfonamides is 1. The largest absolute Gasteiger partial charge is 0.497 e. The van der Waals surface area contributed by atoms with E-state index in [1.165, 1.54) is 43.5 Å². The molecule has 1 unspecified atom stereocenters. The van der Waals surface area contributed by atoms with Crippen LogP contribution in [-0.2, 0) is 14.8 Å². The predicted molar refractivity (Wildman–Crippen MR) is 124 cm³/mol. The van der Waals surface area contributed by atoms with Crippen molar-refractivity contribution in [2.75, 3.05) is 19.0 Å². The summed E-state index contributed by atoms with van der Waals surface area (Å²) in [6.07, 6.45) is -1.16. The van der Waals surface area contributed by atoms with Crippen LogP contribution in [-0.4, -0.2) is 33.1 Å². The van der Waals surface area contributed by atoms with Gasteiger partial charge in [0.05, 0.1) is 18.6 Å². The van der Waals surface area contributed by atoms with Crippen LogP contribution >= 0.6 is 23.2 Å². The summed E-state index contributed by atoms with van der Waals surface area (Å²) in [6.45, 7) is -0.515. The van der Waals surface area contributed by atoms with E-state index < -0.39 is 28.6 Å². The minimum absolute atomic E-state index is 0.00702. The molecule has 0 bridgehead atoms. The van der Waals surface area contributed by atoms with E-state index in [4.69, 9.17) is 27.9 Å². The van der Waals surface area contributed by atoms with E-state index in [9.17, 15) is 18.3 Å². The Labute approximate surface area is 196 Å². The molecule has 0 aliphatic rings. The van der Waals surface area contributed by atoms with E-state index in [1.807, 2.05) is 0 Å². The number of benzene rings is 3. The first-order chi connectivity index (χ1) is 15.2. The van der Waals surface area contributed by atoms with Crippen molar-refractivity contribution in [2.45, 2.75) is 11.0 Å². The summed E-state index contributed by atoms with van der Waals surface area (Å²) < 4.78 is 32.1. The van der Waals surface area contributed by atoms with Gasteiger partial charge in [0, 0.05) is 26.9 Å². The zero-order valence-electron chi connectivity index (χ0n) is 16.9. The van der Waals surface area contributed by atoms with E-state index in [0.29, 0.717) is 26.9 Å². The fourth-order valence-corrected chi connectivity index (χ4v) is 4.33. The molecule has 32 heavy (non-hydrogen) atoms. The summed E-state index contributed by atoms with van der Waals surface area (Å²) in [5, 5.41) is 14.1. The molecule has 168 valence electrons. The quantitative estimate of drug-likeness (QED) is 0.438. The summed E-state index contributed by atoms with van der Waals surface area (Å²) in [7, 11) is -2.44. The molecular formula is C22H20Cl2N2O5S. The lowest BCUT2D eigenvalue weighted by Crippen LogP contribution is -2.33. The average molecular weight is 495 g/mol. The monoisotopic (exact) mass is 494 g/mol. The second-order valence-electron chi connectivity index (χ2n) is 6.70. The third-order valence-corrected chi connectivity index (χ3v) is 6.57. The molecule has 0 aromatic heterocycles. The number of carbonyl (C=O) groups is 1. The van der Waals surface area contributed by atoms with Crippen LogP contribution in [0.25, 0.3) is 0 Å². The predicted octanol–water partition coefficient (Wildman–Crippen LogP) is 4.00. The maximum atomic E-state index is 12.5. The number of halogens is 2. The summed E-state index contributed by atoms with van der Waals surface area (Å²) in [5.74, 6) is -0.119. The van der Waals surface area contributed by atoms with Crippen molar-refractivity contribution >= 4 is 44.8 Å². The van der Waals surface area contributed by atoms with Gasteiger partial charge in [-0.15, -0.1) is 0 Å². The molecule has 0 saturated carbocycles. The van der Waals surface area contributed by atoms with E-state index in [2.05, 4.69) is 10.0 Å². The zero-order chi connectivity index (χ0) is 23.3. The first-order valence-corrected chi connectivity index (χ1v) is 11.6. The maximum absolute atomic E-state index is 12.5. The van der Waals surface area contributed by atoms with Crippen LogP contribution in [0, 0.1) is 0 Å². The van der Waals surface area contributed by atoms with Crippen LogP contribution in [0.15, 0.2) is 71.6 Å². The Bertz CT molecular complexity index is 1220. The molecule has 7 nitrogen and oxygen atoms in total. The third-order valence-electron chi connectivity index (χ3n) is 4.57. The smallest absolute Gasteiger partial charge is 0.241 e. The number of nitrogens with one attached hydrogen (secondary N) is 2. The highest BCUT2D eigenvalue weighted by atomic mass is 35.5. The van der Waals surface area contributed by atoms with Crippen molar-refractivity contribution in [1.82, 2.24) is 4.72 Å². The molecule has 10 heteroatoms. The van der Waals surface area contributed by atoms with E-state index in [-0.39, 0.29) is 10.6 Å². The molecule has 0 spiro atoms. The summed E-state index contributed by atoms with van der Waals surface area (Å²) in [5.41, 5.74) is 1.03. The number of ether oxygens (including phenoxy) is 1. The molecule has 0 saturated heterocycles. The lowest BCUT2D eigenvalue weighted by atomic mass is 9.99. The topological polar surface area (TPSA) is 105 Å². The molecular weight excluding hydrogens is 475 g/mol.